The monoisotopic (exact) mass is 520 g/mol. The number of aliphatic imine (C=N–C) groups is 1. The second-order valence-electron chi connectivity index (χ2n) is 7.03. The number of nitrogens with zero attached hydrogens (tertiary/aromatic N) is 4. The molecule has 0 fully saturated rings. The summed E-state index contributed by atoms with van der Waals surface area (Å²) in [7, 11) is 5.27. The molecule has 1 heterocycles. The Morgan fingerprint density at radius 3 is 2.53 bits per heavy atom. The lowest BCUT2D eigenvalue weighted by molar-refractivity contribution is 0.0827. The lowest BCUT2D eigenvalue weighted by Gasteiger charge is -2.13. The van der Waals surface area contributed by atoms with E-state index in [1.165, 1.54) is 0 Å². The molecule has 0 saturated heterocycles. The van der Waals surface area contributed by atoms with E-state index in [1.807, 2.05) is 48.8 Å². The summed E-state index contributed by atoms with van der Waals surface area (Å²) in [6.45, 7) is 2.34. The van der Waals surface area contributed by atoms with E-state index in [9.17, 15) is 4.79 Å². The van der Waals surface area contributed by atoms with Gasteiger partial charge in [-0.15, -0.1) is 24.0 Å². The molecule has 0 aliphatic carbocycles. The van der Waals surface area contributed by atoms with E-state index in [0.717, 1.165) is 42.1 Å². The molecule has 8 heteroatoms. The summed E-state index contributed by atoms with van der Waals surface area (Å²) in [4.78, 5) is 22.2. The van der Waals surface area contributed by atoms with E-state index < -0.39 is 0 Å². The number of benzene rings is 2. The van der Waals surface area contributed by atoms with Gasteiger partial charge in [0, 0.05) is 46.3 Å². The van der Waals surface area contributed by atoms with Crippen molar-refractivity contribution in [1.82, 2.24) is 25.1 Å². The highest BCUT2D eigenvalue weighted by molar-refractivity contribution is 14.0. The van der Waals surface area contributed by atoms with Crippen LogP contribution in [-0.4, -0.2) is 54.0 Å². The van der Waals surface area contributed by atoms with Gasteiger partial charge in [0.25, 0.3) is 5.91 Å². The largest absolute Gasteiger partial charge is 0.356 e. The summed E-state index contributed by atoms with van der Waals surface area (Å²) in [6.07, 6.45) is 2.85. The summed E-state index contributed by atoms with van der Waals surface area (Å²) in [5.41, 5.74) is 3.96. The molecular weight excluding hydrogens is 491 g/mol. The van der Waals surface area contributed by atoms with Crippen molar-refractivity contribution >= 4 is 46.9 Å². The van der Waals surface area contributed by atoms with Gasteiger partial charge < -0.3 is 20.1 Å². The average molecular weight is 520 g/mol. The molecule has 0 aliphatic heterocycles. The number of hydrogen-bond acceptors (Lipinski definition) is 3. The van der Waals surface area contributed by atoms with Gasteiger partial charge in [0.15, 0.2) is 5.96 Å². The standard InChI is InChI=1S/C22H28N6O.HI/c1-23-22(25-15-17-9-11-18(12-10-17)21(29)27(2)3)24-13-6-14-28-16-26-19-7-4-5-8-20(19)28;/h4-5,7-12,16H,6,13-15H2,1-3H3,(H2,23,24,25);1H. The molecule has 1 aromatic heterocycles. The molecule has 0 saturated carbocycles. The fourth-order valence-electron chi connectivity index (χ4n) is 3.07. The van der Waals surface area contributed by atoms with Gasteiger partial charge in [0.05, 0.1) is 17.4 Å². The Balaban J connectivity index is 0.00000320. The van der Waals surface area contributed by atoms with Gasteiger partial charge >= 0.3 is 0 Å². The maximum atomic E-state index is 11.9. The van der Waals surface area contributed by atoms with Crippen LogP contribution in [0.25, 0.3) is 11.0 Å². The Morgan fingerprint density at radius 1 is 1.10 bits per heavy atom. The molecule has 0 radical (unpaired) electrons. The van der Waals surface area contributed by atoms with Crippen LogP contribution in [0.4, 0.5) is 0 Å². The van der Waals surface area contributed by atoms with Gasteiger partial charge in [-0.25, -0.2) is 4.98 Å². The van der Waals surface area contributed by atoms with Gasteiger partial charge in [0.1, 0.15) is 0 Å². The third-order valence-electron chi connectivity index (χ3n) is 4.69. The molecule has 7 nitrogen and oxygen atoms in total. The minimum atomic E-state index is 0. The van der Waals surface area contributed by atoms with E-state index in [2.05, 4.69) is 31.2 Å². The highest BCUT2D eigenvalue weighted by Crippen LogP contribution is 2.11. The molecule has 0 unspecified atom stereocenters. The smallest absolute Gasteiger partial charge is 0.253 e. The zero-order valence-corrected chi connectivity index (χ0v) is 20.0. The molecule has 0 bridgehead atoms. The van der Waals surface area contributed by atoms with Gasteiger partial charge in [-0.3, -0.25) is 9.79 Å². The minimum Gasteiger partial charge on any atom is -0.356 e. The summed E-state index contributed by atoms with van der Waals surface area (Å²) in [5, 5.41) is 6.64. The number of nitrogens with one attached hydrogen (secondary N) is 2. The van der Waals surface area contributed by atoms with Crippen LogP contribution in [0.15, 0.2) is 59.9 Å². The van der Waals surface area contributed by atoms with Crippen LogP contribution in [0.3, 0.4) is 0 Å². The van der Waals surface area contributed by atoms with Crippen molar-refractivity contribution in [3.63, 3.8) is 0 Å². The second-order valence-corrected chi connectivity index (χ2v) is 7.03. The predicted molar refractivity (Wildman–Crippen MR) is 132 cm³/mol. The lowest BCUT2D eigenvalue weighted by Crippen LogP contribution is -2.37. The fourth-order valence-corrected chi connectivity index (χ4v) is 3.07. The van der Waals surface area contributed by atoms with Gasteiger partial charge in [-0.1, -0.05) is 24.3 Å². The maximum Gasteiger partial charge on any atom is 0.253 e. The molecule has 30 heavy (non-hydrogen) atoms. The van der Waals surface area contributed by atoms with Gasteiger partial charge in [-0.05, 0) is 36.2 Å². The Hall–Kier alpha value is -2.62. The third-order valence-corrected chi connectivity index (χ3v) is 4.69. The summed E-state index contributed by atoms with van der Waals surface area (Å²) < 4.78 is 2.17. The van der Waals surface area contributed by atoms with Crippen molar-refractivity contribution in [3.05, 3.63) is 66.0 Å². The summed E-state index contributed by atoms with van der Waals surface area (Å²) in [6, 6.07) is 15.8. The number of imidazole rings is 1. The second kappa shape index (κ2) is 11.5. The average Bonchev–Trinajstić information content (AvgIpc) is 3.16. The number of hydrogen-bond donors (Lipinski definition) is 2. The number of guanidine groups is 1. The first-order valence-electron chi connectivity index (χ1n) is 9.73. The highest BCUT2D eigenvalue weighted by atomic mass is 127. The first-order chi connectivity index (χ1) is 14.1. The van der Waals surface area contributed by atoms with Crippen molar-refractivity contribution in [1.29, 1.82) is 0 Å². The van der Waals surface area contributed by atoms with Crippen LogP contribution in [-0.2, 0) is 13.1 Å². The molecule has 0 spiro atoms. The summed E-state index contributed by atoms with van der Waals surface area (Å²) >= 11 is 0. The summed E-state index contributed by atoms with van der Waals surface area (Å²) in [5.74, 6) is 0.765. The van der Waals surface area contributed by atoms with Gasteiger partial charge in [0.2, 0.25) is 0 Å². The van der Waals surface area contributed by atoms with Crippen molar-refractivity contribution in [2.24, 2.45) is 4.99 Å². The molecule has 2 N–H and O–H groups in total. The van der Waals surface area contributed by atoms with Crippen LogP contribution in [0.5, 0.6) is 0 Å². The Kier molecular flexibility index (Phi) is 9.10. The van der Waals surface area contributed by atoms with E-state index >= 15 is 0 Å². The number of carbonyl (C=O) groups is 1. The molecular formula is C22H29IN6O. The minimum absolute atomic E-state index is 0. The molecule has 160 valence electrons. The number of halogens is 1. The van der Waals surface area contributed by atoms with Crippen LogP contribution in [0.2, 0.25) is 0 Å². The Morgan fingerprint density at radius 2 is 1.83 bits per heavy atom. The quantitative estimate of drug-likeness (QED) is 0.217. The molecule has 0 atom stereocenters. The third kappa shape index (κ3) is 6.19. The molecule has 3 rings (SSSR count). The van der Waals surface area contributed by atoms with E-state index in [4.69, 9.17) is 0 Å². The van der Waals surface area contributed by atoms with Crippen LogP contribution in [0, 0.1) is 0 Å². The number of amides is 1. The molecule has 0 aliphatic rings. The van der Waals surface area contributed by atoms with Crippen molar-refractivity contribution in [2.75, 3.05) is 27.7 Å². The SMILES string of the molecule is CN=C(NCCCn1cnc2ccccc21)NCc1ccc(C(=O)N(C)C)cc1.I. The van der Waals surface area contributed by atoms with Crippen LogP contribution < -0.4 is 10.6 Å². The zero-order valence-electron chi connectivity index (χ0n) is 17.6. The fraction of sp³-hybridized carbons (Fsp3) is 0.318. The highest BCUT2D eigenvalue weighted by Gasteiger charge is 2.07. The number of aromatic nitrogens is 2. The van der Waals surface area contributed by atoms with E-state index in [-0.39, 0.29) is 29.9 Å². The van der Waals surface area contributed by atoms with E-state index in [1.54, 1.807) is 26.0 Å². The van der Waals surface area contributed by atoms with Crippen LogP contribution in [0.1, 0.15) is 22.3 Å². The molecule has 2 aromatic carbocycles. The topological polar surface area (TPSA) is 74.5 Å². The Labute approximate surface area is 194 Å². The number of carbonyl (C=O) groups excluding carboxylic acids is 1. The molecule has 1 amide bonds. The van der Waals surface area contributed by atoms with Crippen LogP contribution >= 0.6 is 24.0 Å². The normalized spacial score (nSPS) is 11.1. The maximum absolute atomic E-state index is 11.9. The number of para-hydroxylation sites is 2. The first-order valence-corrected chi connectivity index (χ1v) is 9.73. The lowest BCUT2D eigenvalue weighted by atomic mass is 10.1. The zero-order chi connectivity index (χ0) is 20.6. The first kappa shape index (κ1) is 23.7. The predicted octanol–water partition coefficient (Wildman–Crippen LogP) is 3.11. The van der Waals surface area contributed by atoms with E-state index in [0.29, 0.717) is 12.1 Å². The van der Waals surface area contributed by atoms with Crippen molar-refractivity contribution in [3.8, 4) is 0 Å². The van der Waals surface area contributed by atoms with Crippen molar-refractivity contribution in [2.45, 2.75) is 19.5 Å². The van der Waals surface area contributed by atoms with Crippen molar-refractivity contribution < 1.29 is 4.79 Å². The Bertz CT molecular complexity index is 981. The number of aryl methyl sites for hydroxylation is 1. The molecule has 3 aromatic rings. The number of rotatable bonds is 7. The van der Waals surface area contributed by atoms with Gasteiger partial charge in [-0.2, -0.15) is 0 Å². The number of fused-ring (bicyclic) bond motifs is 1.